The molecule has 2 heterocycles. The molecule has 4 nitrogen and oxygen atoms in total. The Balaban J connectivity index is 2.15. The lowest BCUT2D eigenvalue weighted by Crippen LogP contribution is -2.17. The van der Waals surface area contributed by atoms with Gasteiger partial charge in [0, 0.05) is 23.6 Å². The summed E-state index contributed by atoms with van der Waals surface area (Å²) in [6.45, 7) is 6.81. The van der Waals surface area contributed by atoms with Crippen LogP contribution in [0, 0.1) is 0 Å². The first-order chi connectivity index (χ1) is 8.45. The summed E-state index contributed by atoms with van der Waals surface area (Å²) in [5.41, 5.74) is 0.929. The van der Waals surface area contributed by atoms with Crippen LogP contribution in [0.4, 0.5) is 5.82 Å². The van der Waals surface area contributed by atoms with E-state index >= 15 is 0 Å². The van der Waals surface area contributed by atoms with Gasteiger partial charge in [-0.15, -0.1) is 0 Å². The third-order valence-corrected chi connectivity index (χ3v) is 2.61. The van der Waals surface area contributed by atoms with Crippen LogP contribution in [0.5, 0.6) is 0 Å². The van der Waals surface area contributed by atoms with E-state index in [1.54, 1.807) is 18.6 Å². The lowest BCUT2D eigenvalue weighted by Gasteiger charge is -2.17. The largest absolute Gasteiger partial charge is 0.472 e. The van der Waals surface area contributed by atoms with Crippen molar-refractivity contribution in [3.63, 3.8) is 0 Å². The summed E-state index contributed by atoms with van der Waals surface area (Å²) in [5.74, 6) is 1.45. The van der Waals surface area contributed by atoms with Crippen molar-refractivity contribution in [1.29, 1.82) is 0 Å². The Labute approximate surface area is 111 Å². The average molecular weight is 266 g/mol. The van der Waals surface area contributed by atoms with E-state index < -0.39 is 0 Å². The monoisotopic (exact) mass is 265 g/mol. The van der Waals surface area contributed by atoms with Gasteiger partial charge >= 0.3 is 0 Å². The standard InChI is InChI=1S/C13H16ClN3O/c1-13(2,3)12-16-10(14)6-11(17-12)15-7-9-4-5-18-8-9/h4-6,8H,7H2,1-3H3,(H,15,16,17). The van der Waals surface area contributed by atoms with Gasteiger partial charge < -0.3 is 9.73 Å². The van der Waals surface area contributed by atoms with Crippen LogP contribution >= 0.6 is 11.6 Å². The van der Waals surface area contributed by atoms with E-state index in [1.807, 2.05) is 6.07 Å². The fourth-order valence-corrected chi connectivity index (χ4v) is 1.61. The molecule has 96 valence electrons. The molecule has 0 aliphatic rings. The highest BCUT2D eigenvalue weighted by atomic mass is 35.5. The lowest BCUT2D eigenvalue weighted by atomic mass is 9.96. The normalized spacial score (nSPS) is 11.6. The van der Waals surface area contributed by atoms with Crippen LogP contribution < -0.4 is 5.32 Å². The second-order valence-electron chi connectivity index (χ2n) is 5.13. The maximum atomic E-state index is 6.01. The SMILES string of the molecule is CC(C)(C)c1nc(Cl)cc(NCc2ccoc2)n1. The number of anilines is 1. The molecule has 0 aliphatic carbocycles. The van der Waals surface area contributed by atoms with Crippen LogP contribution in [0.2, 0.25) is 5.15 Å². The van der Waals surface area contributed by atoms with E-state index in [0.717, 1.165) is 17.2 Å². The first-order valence-electron chi connectivity index (χ1n) is 5.75. The quantitative estimate of drug-likeness (QED) is 0.861. The number of rotatable bonds is 3. The minimum atomic E-state index is -0.128. The minimum absolute atomic E-state index is 0.128. The number of halogens is 1. The molecule has 0 spiro atoms. The summed E-state index contributed by atoms with van der Waals surface area (Å²) in [7, 11) is 0. The molecule has 2 rings (SSSR count). The van der Waals surface area contributed by atoms with Gasteiger partial charge in [0.15, 0.2) is 0 Å². The molecular formula is C13H16ClN3O. The lowest BCUT2D eigenvalue weighted by molar-refractivity contribution is 0.546. The van der Waals surface area contributed by atoms with E-state index in [4.69, 9.17) is 16.0 Å². The van der Waals surface area contributed by atoms with Crippen LogP contribution in [0.3, 0.4) is 0 Å². The Hall–Kier alpha value is -1.55. The van der Waals surface area contributed by atoms with Crippen molar-refractivity contribution in [2.45, 2.75) is 32.7 Å². The van der Waals surface area contributed by atoms with Crippen molar-refractivity contribution >= 4 is 17.4 Å². The van der Waals surface area contributed by atoms with Gasteiger partial charge in [-0.1, -0.05) is 32.4 Å². The Morgan fingerprint density at radius 1 is 1.33 bits per heavy atom. The van der Waals surface area contributed by atoms with Gasteiger partial charge in [-0.05, 0) is 6.07 Å². The maximum Gasteiger partial charge on any atom is 0.137 e. The fourth-order valence-electron chi connectivity index (χ4n) is 1.43. The van der Waals surface area contributed by atoms with Gasteiger partial charge in [0.05, 0.1) is 12.5 Å². The molecule has 2 aromatic rings. The van der Waals surface area contributed by atoms with Crippen molar-refractivity contribution < 1.29 is 4.42 Å². The molecule has 0 saturated heterocycles. The highest BCUT2D eigenvalue weighted by Gasteiger charge is 2.18. The molecule has 0 bridgehead atoms. The van der Waals surface area contributed by atoms with Crippen molar-refractivity contribution in [2.24, 2.45) is 0 Å². The van der Waals surface area contributed by atoms with Crippen LogP contribution in [-0.2, 0) is 12.0 Å². The fraction of sp³-hybridized carbons (Fsp3) is 0.385. The molecule has 0 saturated carbocycles. The smallest absolute Gasteiger partial charge is 0.137 e. The minimum Gasteiger partial charge on any atom is -0.472 e. The van der Waals surface area contributed by atoms with Crippen molar-refractivity contribution in [2.75, 3.05) is 5.32 Å². The Morgan fingerprint density at radius 2 is 2.11 bits per heavy atom. The van der Waals surface area contributed by atoms with E-state index in [-0.39, 0.29) is 5.41 Å². The van der Waals surface area contributed by atoms with Crippen molar-refractivity contribution in [1.82, 2.24) is 9.97 Å². The van der Waals surface area contributed by atoms with Crippen LogP contribution in [0.1, 0.15) is 32.2 Å². The summed E-state index contributed by atoms with van der Waals surface area (Å²) in [5, 5.41) is 3.65. The highest BCUT2D eigenvalue weighted by molar-refractivity contribution is 6.29. The van der Waals surface area contributed by atoms with Gasteiger partial charge in [-0.25, -0.2) is 9.97 Å². The Bertz CT molecular complexity index is 518. The molecule has 1 N–H and O–H groups in total. The first-order valence-corrected chi connectivity index (χ1v) is 6.13. The molecule has 0 atom stereocenters. The molecule has 2 aromatic heterocycles. The van der Waals surface area contributed by atoms with E-state index in [9.17, 15) is 0 Å². The third kappa shape index (κ3) is 3.23. The maximum absolute atomic E-state index is 6.01. The van der Waals surface area contributed by atoms with Crippen molar-refractivity contribution in [3.05, 3.63) is 41.2 Å². The molecule has 0 unspecified atom stereocenters. The second-order valence-corrected chi connectivity index (χ2v) is 5.52. The summed E-state index contributed by atoms with van der Waals surface area (Å²) in [6.07, 6.45) is 3.34. The van der Waals surface area contributed by atoms with Crippen LogP contribution in [0.25, 0.3) is 0 Å². The number of nitrogens with zero attached hydrogens (tertiary/aromatic N) is 2. The Kier molecular flexibility index (Phi) is 3.57. The van der Waals surface area contributed by atoms with Gasteiger partial charge in [-0.3, -0.25) is 0 Å². The van der Waals surface area contributed by atoms with Crippen LogP contribution in [0.15, 0.2) is 29.1 Å². The highest BCUT2D eigenvalue weighted by Crippen LogP contribution is 2.22. The zero-order chi connectivity index (χ0) is 13.2. The average Bonchev–Trinajstić information content (AvgIpc) is 2.77. The van der Waals surface area contributed by atoms with Crippen LogP contribution in [-0.4, -0.2) is 9.97 Å². The van der Waals surface area contributed by atoms with Gasteiger partial charge in [0.2, 0.25) is 0 Å². The summed E-state index contributed by atoms with van der Waals surface area (Å²) in [4.78, 5) is 8.71. The number of furan rings is 1. The third-order valence-electron chi connectivity index (χ3n) is 2.42. The number of aromatic nitrogens is 2. The summed E-state index contributed by atoms with van der Waals surface area (Å²) in [6, 6.07) is 3.62. The van der Waals surface area contributed by atoms with E-state index in [1.165, 1.54) is 0 Å². The molecule has 18 heavy (non-hydrogen) atoms. The van der Waals surface area contributed by atoms with E-state index in [0.29, 0.717) is 11.7 Å². The van der Waals surface area contributed by atoms with Gasteiger partial charge in [0.25, 0.3) is 0 Å². The molecule has 0 fully saturated rings. The molecule has 0 aromatic carbocycles. The topological polar surface area (TPSA) is 51.0 Å². The predicted octanol–water partition coefficient (Wildman–Crippen LogP) is 3.63. The zero-order valence-corrected chi connectivity index (χ0v) is 11.5. The molecule has 0 aliphatic heterocycles. The molecule has 0 radical (unpaired) electrons. The predicted molar refractivity (Wildman–Crippen MR) is 71.8 cm³/mol. The number of hydrogen-bond acceptors (Lipinski definition) is 4. The van der Waals surface area contributed by atoms with Gasteiger partial charge in [-0.2, -0.15) is 0 Å². The second kappa shape index (κ2) is 4.98. The molecule has 0 amide bonds. The van der Waals surface area contributed by atoms with Gasteiger partial charge in [0.1, 0.15) is 16.8 Å². The summed E-state index contributed by atoms with van der Waals surface area (Å²) >= 11 is 6.01. The zero-order valence-electron chi connectivity index (χ0n) is 10.7. The summed E-state index contributed by atoms with van der Waals surface area (Å²) < 4.78 is 5.01. The van der Waals surface area contributed by atoms with E-state index in [2.05, 4.69) is 36.1 Å². The molecule has 5 heteroatoms. The first kappa shape index (κ1) is 12.9. The Morgan fingerprint density at radius 3 is 2.72 bits per heavy atom. The number of hydrogen-bond donors (Lipinski definition) is 1. The number of nitrogens with one attached hydrogen (secondary N) is 1. The van der Waals surface area contributed by atoms with Crippen molar-refractivity contribution in [3.8, 4) is 0 Å². The molecular weight excluding hydrogens is 250 g/mol.